The number of piperidine rings is 1. The Morgan fingerprint density at radius 2 is 1.90 bits per heavy atom. The van der Waals surface area contributed by atoms with Crippen LogP contribution in [0.15, 0.2) is 30.3 Å². The van der Waals surface area contributed by atoms with E-state index in [1.165, 1.54) is 50.9 Å². The average molecular weight is 273 g/mol. The van der Waals surface area contributed by atoms with Gasteiger partial charge in [0, 0.05) is 25.2 Å². The van der Waals surface area contributed by atoms with Crippen molar-refractivity contribution in [1.82, 2.24) is 15.5 Å². The van der Waals surface area contributed by atoms with E-state index in [0.717, 1.165) is 25.2 Å². The maximum atomic E-state index is 3.76. The highest BCUT2D eigenvalue weighted by atomic mass is 15.1. The smallest absolute Gasteiger partial charge is 0.0233 e. The molecular weight excluding hydrogens is 246 g/mol. The third-order valence-corrected chi connectivity index (χ3v) is 4.65. The minimum atomic E-state index is 0.720. The summed E-state index contributed by atoms with van der Waals surface area (Å²) in [6.07, 6.45) is 5.28. The highest BCUT2D eigenvalue weighted by Crippen LogP contribution is 2.14. The molecule has 3 nitrogen and oxygen atoms in total. The van der Waals surface area contributed by atoms with Crippen LogP contribution in [0.1, 0.15) is 31.2 Å². The van der Waals surface area contributed by atoms with E-state index < -0.39 is 0 Å². The molecule has 0 bridgehead atoms. The summed E-state index contributed by atoms with van der Waals surface area (Å²) in [5, 5.41) is 7.32. The topological polar surface area (TPSA) is 27.3 Å². The number of nitrogens with zero attached hydrogens (tertiary/aromatic N) is 1. The van der Waals surface area contributed by atoms with Crippen LogP contribution in [-0.4, -0.2) is 43.2 Å². The molecule has 2 fully saturated rings. The van der Waals surface area contributed by atoms with E-state index in [1.807, 2.05) is 0 Å². The lowest BCUT2D eigenvalue weighted by atomic mass is 10.0. The van der Waals surface area contributed by atoms with Crippen molar-refractivity contribution >= 4 is 0 Å². The summed E-state index contributed by atoms with van der Waals surface area (Å²) in [7, 11) is 0. The highest BCUT2D eigenvalue weighted by Gasteiger charge is 2.20. The largest absolute Gasteiger partial charge is 0.313 e. The molecule has 0 aliphatic carbocycles. The van der Waals surface area contributed by atoms with Crippen molar-refractivity contribution in [2.75, 3.05) is 26.2 Å². The Labute approximate surface area is 122 Å². The van der Waals surface area contributed by atoms with Crippen LogP contribution in [0.4, 0.5) is 0 Å². The second kappa shape index (κ2) is 7.21. The van der Waals surface area contributed by atoms with Gasteiger partial charge in [0.25, 0.3) is 0 Å². The number of nitrogens with one attached hydrogen (secondary N) is 2. The maximum Gasteiger partial charge on any atom is 0.0233 e. The SMILES string of the molecule is c1ccc(CN2CCC(NCC3CCCN3)CC2)cc1. The summed E-state index contributed by atoms with van der Waals surface area (Å²) in [5.41, 5.74) is 1.44. The molecule has 110 valence electrons. The van der Waals surface area contributed by atoms with Gasteiger partial charge in [0.15, 0.2) is 0 Å². The number of hydrogen-bond acceptors (Lipinski definition) is 3. The molecule has 2 aliphatic rings. The van der Waals surface area contributed by atoms with Crippen LogP contribution in [0.3, 0.4) is 0 Å². The molecule has 1 aromatic carbocycles. The van der Waals surface area contributed by atoms with Gasteiger partial charge in [-0.1, -0.05) is 30.3 Å². The van der Waals surface area contributed by atoms with Crippen molar-refractivity contribution in [2.24, 2.45) is 0 Å². The molecule has 2 heterocycles. The van der Waals surface area contributed by atoms with Crippen molar-refractivity contribution in [3.05, 3.63) is 35.9 Å². The molecule has 1 atom stereocenters. The van der Waals surface area contributed by atoms with E-state index >= 15 is 0 Å². The predicted octanol–water partition coefficient (Wildman–Crippen LogP) is 1.99. The molecule has 0 aromatic heterocycles. The zero-order valence-corrected chi connectivity index (χ0v) is 12.4. The van der Waals surface area contributed by atoms with E-state index in [4.69, 9.17) is 0 Å². The summed E-state index contributed by atoms with van der Waals surface area (Å²) in [6, 6.07) is 12.3. The first-order chi connectivity index (χ1) is 9.90. The second-order valence-corrected chi connectivity index (χ2v) is 6.24. The van der Waals surface area contributed by atoms with Gasteiger partial charge in [0.1, 0.15) is 0 Å². The van der Waals surface area contributed by atoms with Gasteiger partial charge in [-0.25, -0.2) is 0 Å². The van der Waals surface area contributed by atoms with Crippen molar-refractivity contribution in [2.45, 2.75) is 44.3 Å². The Balaban J connectivity index is 1.36. The quantitative estimate of drug-likeness (QED) is 0.859. The Bertz CT molecular complexity index is 378. The summed E-state index contributed by atoms with van der Waals surface area (Å²) in [4.78, 5) is 2.58. The minimum absolute atomic E-state index is 0.720. The molecule has 2 N–H and O–H groups in total. The van der Waals surface area contributed by atoms with E-state index in [0.29, 0.717) is 0 Å². The van der Waals surface area contributed by atoms with Gasteiger partial charge in [0.2, 0.25) is 0 Å². The van der Waals surface area contributed by atoms with Gasteiger partial charge < -0.3 is 10.6 Å². The van der Waals surface area contributed by atoms with Gasteiger partial charge >= 0.3 is 0 Å². The molecule has 0 radical (unpaired) electrons. The highest BCUT2D eigenvalue weighted by molar-refractivity contribution is 5.14. The van der Waals surface area contributed by atoms with Gasteiger partial charge in [-0.05, 0) is 50.9 Å². The fourth-order valence-corrected chi connectivity index (χ4v) is 3.38. The standard InChI is InChI=1S/C17H27N3/c1-2-5-15(6-3-1)14-20-11-8-16(9-12-20)19-13-17-7-4-10-18-17/h1-3,5-6,16-19H,4,7-14H2. The van der Waals surface area contributed by atoms with Gasteiger partial charge in [-0.2, -0.15) is 0 Å². The summed E-state index contributed by atoms with van der Waals surface area (Å²) in [6.45, 7) is 5.93. The molecular formula is C17H27N3. The minimum Gasteiger partial charge on any atom is -0.313 e. The average Bonchev–Trinajstić information content (AvgIpc) is 3.01. The zero-order chi connectivity index (χ0) is 13.6. The van der Waals surface area contributed by atoms with Crippen LogP contribution < -0.4 is 10.6 Å². The van der Waals surface area contributed by atoms with E-state index in [1.54, 1.807) is 0 Å². The molecule has 0 spiro atoms. The van der Waals surface area contributed by atoms with Crippen LogP contribution in [0.2, 0.25) is 0 Å². The van der Waals surface area contributed by atoms with Crippen LogP contribution in [0, 0.1) is 0 Å². The third-order valence-electron chi connectivity index (χ3n) is 4.65. The molecule has 3 heteroatoms. The molecule has 1 unspecified atom stereocenters. The van der Waals surface area contributed by atoms with Crippen molar-refractivity contribution in [1.29, 1.82) is 0 Å². The Hall–Kier alpha value is -0.900. The first-order valence-corrected chi connectivity index (χ1v) is 8.13. The summed E-state index contributed by atoms with van der Waals surface area (Å²) in [5.74, 6) is 0. The van der Waals surface area contributed by atoms with Gasteiger partial charge in [0.05, 0.1) is 0 Å². The molecule has 3 rings (SSSR count). The summed E-state index contributed by atoms with van der Waals surface area (Å²) >= 11 is 0. The van der Waals surface area contributed by atoms with Gasteiger partial charge in [-0.15, -0.1) is 0 Å². The number of benzene rings is 1. The number of likely N-dealkylation sites (tertiary alicyclic amines) is 1. The van der Waals surface area contributed by atoms with Crippen molar-refractivity contribution in [3.8, 4) is 0 Å². The Morgan fingerprint density at radius 3 is 2.60 bits per heavy atom. The zero-order valence-electron chi connectivity index (χ0n) is 12.4. The number of rotatable bonds is 5. The van der Waals surface area contributed by atoms with Crippen LogP contribution in [-0.2, 0) is 6.54 Å². The lowest BCUT2D eigenvalue weighted by Crippen LogP contribution is -2.45. The van der Waals surface area contributed by atoms with Crippen LogP contribution >= 0.6 is 0 Å². The van der Waals surface area contributed by atoms with Crippen LogP contribution in [0.5, 0.6) is 0 Å². The molecule has 0 saturated carbocycles. The number of hydrogen-bond donors (Lipinski definition) is 2. The second-order valence-electron chi connectivity index (χ2n) is 6.24. The first kappa shape index (κ1) is 14.1. The Kier molecular flexibility index (Phi) is 5.06. The summed E-state index contributed by atoms with van der Waals surface area (Å²) < 4.78 is 0. The van der Waals surface area contributed by atoms with Crippen LogP contribution in [0.25, 0.3) is 0 Å². The monoisotopic (exact) mass is 273 g/mol. The van der Waals surface area contributed by atoms with Crippen molar-refractivity contribution < 1.29 is 0 Å². The molecule has 20 heavy (non-hydrogen) atoms. The molecule has 2 aliphatic heterocycles. The first-order valence-electron chi connectivity index (χ1n) is 8.13. The Morgan fingerprint density at radius 1 is 1.10 bits per heavy atom. The van der Waals surface area contributed by atoms with E-state index in [-0.39, 0.29) is 0 Å². The lowest BCUT2D eigenvalue weighted by molar-refractivity contribution is 0.189. The molecule has 2 saturated heterocycles. The predicted molar refractivity (Wildman–Crippen MR) is 83.8 cm³/mol. The van der Waals surface area contributed by atoms with E-state index in [2.05, 4.69) is 45.9 Å². The molecule has 0 amide bonds. The fraction of sp³-hybridized carbons (Fsp3) is 0.647. The normalized spacial score (nSPS) is 25.1. The lowest BCUT2D eigenvalue weighted by Gasteiger charge is -2.33. The van der Waals surface area contributed by atoms with E-state index in [9.17, 15) is 0 Å². The van der Waals surface area contributed by atoms with Gasteiger partial charge in [-0.3, -0.25) is 4.90 Å². The fourth-order valence-electron chi connectivity index (χ4n) is 3.38. The van der Waals surface area contributed by atoms with Crippen molar-refractivity contribution in [3.63, 3.8) is 0 Å². The molecule has 1 aromatic rings. The maximum absolute atomic E-state index is 3.76. The third kappa shape index (κ3) is 4.05.